The van der Waals surface area contributed by atoms with Crippen LogP contribution in [-0.2, 0) is 0 Å². The minimum absolute atomic E-state index is 0.120. The van der Waals surface area contributed by atoms with Crippen molar-refractivity contribution in [3.05, 3.63) is 28.8 Å². The topological polar surface area (TPSA) is 66.6 Å². The highest BCUT2D eigenvalue weighted by molar-refractivity contribution is 6.31. The highest BCUT2D eigenvalue weighted by Crippen LogP contribution is 2.18. The standard InChI is InChI=1S/C11H13ClF2N2O2/c12-8-3-7(4-9(15)5-8)11(18)16(1-2-17)6-10(13)14/h3-5,10,17H,1-2,6,15H2. The molecular weight excluding hydrogens is 266 g/mol. The molecule has 0 fully saturated rings. The lowest BCUT2D eigenvalue weighted by atomic mass is 10.1. The molecule has 0 unspecified atom stereocenters. The largest absolute Gasteiger partial charge is 0.399 e. The molecular formula is C11H13ClF2N2O2. The Bertz CT molecular complexity index is 409. The number of halogens is 3. The lowest BCUT2D eigenvalue weighted by Gasteiger charge is -2.21. The number of rotatable bonds is 5. The molecule has 100 valence electrons. The van der Waals surface area contributed by atoms with Gasteiger partial charge in [-0.25, -0.2) is 8.78 Å². The molecule has 0 atom stereocenters. The van der Waals surface area contributed by atoms with Gasteiger partial charge in [0.25, 0.3) is 12.3 Å². The summed E-state index contributed by atoms with van der Waals surface area (Å²) in [7, 11) is 0. The zero-order valence-electron chi connectivity index (χ0n) is 9.44. The van der Waals surface area contributed by atoms with Crippen molar-refractivity contribution in [1.29, 1.82) is 0 Å². The second-order valence-corrected chi connectivity index (χ2v) is 4.08. The Morgan fingerprint density at radius 1 is 1.44 bits per heavy atom. The number of aliphatic hydroxyl groups is 1. The lowest BCUT2D eigenvalue weighted by molar-refractivity contribution is 0.0509. The van der Waals surface area contributed by atoms with E-state index in [4.69, 9.17) is 22.4 Å². The van der Waals surface area contributed by atoms with Crippen molar-refractivity contribution in [3.8, 4) is 0 Å². The molecule has 1 amide bonds. The van der Waals surface area contributed by atoms with Crippen molar-refractivity contribution in [2.75, 3.05) is 25.4 Å². The van der Waals surface area contributed by atoms with Gasteiger partial charge in [-0.05, 0) is 18.2 Å². The molecule has 0 aliphatic heterocycles. The van der Waals surface area contributed by atoms with E-state index in [0.29, 0.717) is 0 Å². The number of carbonyl (C=O) groups excluding carboxylic acids is 1. The Hall–Kier alpha value is -1.40. The van der Waals surface area contributed by atoms with Crippen molar-refractivity contribution in [3.63, 3.8) is 0 Å². The summed E-state index contributed by atoms with van der Waals surface area (Å²) >= 11 is 5.73. The van der Waals surface area contributed by atoms with Crippen LogP contribution in [0.3, 0.4) is 0 Å². The number of nitrogens with two attached hydrogens (primary N) is 1. The minimum Gasteiger partial charge on any atom is -0.399 e. The third-order valence-electron chi connectivity index (χ3n) is 2.18. The number of carbonyl (C=O) groups is 1. The van der Waals surface area contributed by atoms with E-state index in [1.807, 2.05) is 0 Å². The van der Waals surface area contributed by atoms with Crippen molar-refractivity contribution in [2.45, 2.75) is 6.43 Å². The van der Waals surface area contributed by atoms with Gasteiger partial charge in [-0.15, -0.1) is 0 Å². The van der Waals surface area contributed by atoms with Crippen molar-refractivity contribution in [1.82, 2.24) is 4.90 Å². The van der Waals surface area contributed by atoms with Crippen LogP contribution < -0.4 is 5.73 Å². The summed E-state index contributed by atoms with van der Waals surface area (Å²) in [6, 6.07) is 4.14. The molecule has 0 radical (unpaired) electrons. The Labute approximate surface area is 108 Å². The van der Waals surface area contributed by atoms with Crippen LogP contribution in [0.2, 0.25) is 5.02 Å². The number of nitrogen functional groups attached to an aromatic ring is 1. The van der Waals surface area contributed by atoms with Crippen LogP contribution in [0, 0.1) is 0 Å². The highest BCUT2D eigenvalue weighted by atomic mass is 35.5. The molecule has 1 aromatic carbocycles. The third kappa shape index (κ3) is 4.12. The van der Waals surface area contributed by atoms with Gasteiger partial charge < -0.3 is 15.7 Å². The number of hydrogen-bond donors (Lipinski definition) is 2. The van der Waals surface area contributed by atoms with E-state index in [1.54, 1.807) is 0 Å². The van der Waals surface area contributed by atoms with E-state index >= 15 is 0 Å². The minimum atomic E-state index is -2.67. The number of benzene rings is 1. The second kappa shape index (κ2) is 6.51. The fraction of sp³-hybridized carbons (Fsp3) is 0.364. The van der Waals surface area contributed by atoms with Crippen LogP contribution in [0.5, 0.6) is 0 Å². The zero-order valence-corrected chi connectivity index (χ0v) is 10.2. The summed E-state index contributed by atoms with van der Waals surface area (Å²) in [5.41, 5.74) is 5.91. The summed E-state index contributed by atoms with van der Waals surface area (Å²) in [5, 5.41) is 9.01. The van der Waals surface area contributed by atoms with Crippen LogP contribution in [-0.4, -0.2) is 42.0 Å². The maximum absolute atomic E-state index is 12.3. The summed E-state index contributed by atoms with van der Waals surface area (Å²) in [6.45, 7) is -1.31. The van der Waals surface area contributed by atoms with E-state index in [0.717, 1.165) is 4.90 Å². The highest BCUT2D eigenvalue weighted by Gasteiger charge is 2.19. The molecule has 3 N–H and O–H groups in total. The van der Waals surface area contributed by atoms with Crippen LogP contribution in [0.1, 0.15) is 10.4 Å². The van der Waals surface area contributed by atoms with Gasteiger partial charge >= 0.3 is 0 Å². The molecule has 1 aromatic rings. The Morgan fingerprint density at radius 3 is 2.61 bits per heavy atom. The van der Waals surface area contributed by atoms with Gasteiger partial charge in [-0.3, -0.25) is 4.79 Å². The molecule has 0 spiro atoms. The molecule has 0 saturated heterocycles. The van der Waals surface area contributed by atoms with Crippen molar-refractivity contribution >= 4 is 23.2 Å². The maximum atomic E-state index is 12.3. The van der Waals surface area contributed by atoms with Crippen molar-refractivity contribution in [2.24, 2.45) is 0 Å². The normalized spacial score (nSPS) is 10.7. The van der Waals surface area contributed by atoms with Gasteiger partial charge in [0.15, 0.2) is 0 Å². The molecule has 0 aromatic heterocycles. The van der Waals surface area contributed by atoms with Gasteiger partial charge in [0.1, 0.15) is 0 Å². The summed E-state index contributed by atoms with van der Waals surface area (Å²) in [4.78, 5) is 12.8. The number of alkyl halides is 2. The van der Waals surface area contributed by atoms with E-state index in [9.17, 15) is 13.6 Å². The quantitative estimate of drug-likeness (QED) is 0.805. The van der Waals surface area contributed by atoms with Crippen LogP contribution >= 0.6 is 11.6 Å². The molecule has 0 saturated carbocycles. The molecule has 18 heavy (non-hydrogen) atoms. The molecule has 0 heterocycles. The van der Waals surface area contributed by atoms with E-state index < -0.39 is 25.5 Å². The van der Waals surface area contributed by atoms with E-state index in [2.05, 4.69) is 0 Å². The van der Waals surface area contributed by atoms with E-state index in [-0.39, 0.29) is 22.8 Å². The fourth-order valence-corrected chi connectivity index (χ4v) is 1.72. The summed E-state index contributed by atoms with van der Waals surface area (Å²) < 4.78 is 24.6. The van der Waals surface area contributed by atoms with Crippen LogP contribution in [0.25, 0.3) is 0 Å². The summed E-state index contributed by atoms with van der Waals surface area (Å²) in [5.74, 6) is -0.640. The SMILES string of the molecule is Nc1cc(Cl)cc(C(=O)N(CCO)CC(F)F)c1. The second-order valence-electron chi connectivity index (χ2n) is 3.64. The summed E-state index contributed by atoms with van der Waals surface area (Å²) in [6.07, 6.45) is -2.67. The fourth-order valence-electron chi connectivity index (χ4n) is 1.48. The average molecular weight is 279 g/mol. The zero-order chi connectivity index (χ0) is 13.7. The molecule has 0 bridgehead atoms. The Balaban J connectivity index is 2.93. The van der Waals surface area contributed by atoms with Crippen LogP contribution in [0.4, 0.5) is 14.5 Å². The molecule has 7 heteroatoms. The van der Waals surface area contributed by atoms with Gasteiger partial charge in [0, 0.05) is 22.8 Å². The van der Waals surface area contributed by atoms with Crippen molar-refractivity contribution < 1.29 is 18.7 Å². The predicted octanol–water partition coefficient (Wildman–Crippen LogP) is 1.62. The predicted molar refractivity (Wildman–Crippen MR) is 64.9 cm³/mol. The number of hydrogen-bond acceptors (Lipinski definition) is 3. The average Bonchev–Trinajstić information content (AvgIpc) is 2.25. The third-order valence-corrected chi connectivity index (χ3v) is 2.40. The van der Waals surface area contributed by atoms with Crippen LogP contribution in [0.15, 0.2) is 18.2 Å². The first-order valence-corrected chi connectivity index (χ1v) is 5.56. The van der Waals surface area contributed by atoms with Gasteiger partial charge in [0.2, 0.25) is 0 Å². The lowest BCUT2D eigenvalue weighted by Crippen LogP contribution is -2.37. The van der Waals surface area contributed by atoms with E-state index in [1.165, 1.54) is 18.2 Å². The molecule has 0 aliphatic rings. The maximum Gasteiger partial charge on any atom is 0.255 e. The van der Waals surface area contributed by atoms with Gasteiger partial charge in [-0.2, -0.15) is 0 Å². The Morgan fingerprint density at radius 2 is 2.11 bits per heavy atom. The molecule has 0 aliphatic carbocycles. The molecule has 4 nitrogen and oxygen atoms in total. The first kappa shape index (κ1) is 14.7. The number of nitrogens with zero attached hydrogens (tertiary/aromatic N) is 1. The van der Waals surface area contributed by atoms with Gasteiger partial charge in [0.05, 0.1) is 13.2 Å². The smallest absolute Gasteiger partial charge is 0.255 e. The first-order chi connectivity index (χ1) is 8.43. The number of anilines is 1. The number of aliphatic hydroxyl groups excluding tert-OH is 1. The molecule has 1 rings (SSSR count). The first-order valence-electron chi connectivity index (χ1n) is 5.18. The monoisotopic (exact) mass is 278 g/mol. The number of amides is 1. The Kier molecular flexibility index (Phi) is 5.30. The van der Waals surface area contributed by atoms with Gasteiger partial charge in [-0.1, -0.05) is 11.6 Å².